The van der Waals surface area contributed by atoms with Crippen molar-refractivity contribution < 1.29 is 4.79 Å². The number of rotatable bonds is 3. The molecule has 3 nitrogen and oxygen atoms in total. The molecule has 1 fully saturated rings. The van der Waals surface area contributed by atoms with Gasteiger partial charge in [0.05, 0.1) is 5.41 Å². The normalized spacial score (nSPS) is 27.7. The highest BCUT2D eigenvalue weighted by Crippen LogP contribution is 2.25. The zero-order valence-corrected chi connectivity index (χ0v) is 9.52. The van der Waals surface area contributed by atoms with Gasteiger partial charge in [-0.2, -0.15) is 0 Å². The van der Waals surface area contributed by atoms with Crippen LogP contribution in [-0.4, -0.2) is 25.5 Å². The molecule has 1 saturated heterocycles. The van der Waals surface area contributed by atoms with Crippen LogP contribution in [0.3, 0.4) is 0 Å². The molecule has 0 aromatic carbocycles. The van der Waals surface area contributed by atoms with E-state index >= 15 is 0 Å². The Morgan fingerprint density at radius 1 is 1.57 bits per heavy atom. The molecule has 1 rings (SSSR count). The van der Waals surface area contributed by atoms with E-state index in [4.69, 9.17) is 0 Å². The van der Waals surface area contributed by atoms with Gasteiger partial charge in [0.1, 0.15) is 0 Å². The molecule has 0 saturated carbocycles. The molecule has 0 spiro atoms. The zero-order chi connectivity index (χ0) is 10.6. The highest BCUT2D eigenvalue weighted by Gasteiger charge is 2.34. The molecule has 3 heteroatoms. The Kier molecular flexibility index (Phi) is 3.93. The van der Waals surface area contributed by atoms with Crippen molar-refractivity contribution in [3.63, 3.8) is 0 Å². The highest BCUT2D eigenvalue weighted by atomic mass is 16.2. The number of carbonyl (C=O) groups is 1. The standard InChI is InChI=1S/C11H22N2O/c1-9(2)7-13-10(14)11(3)5-4-6-12-8-11/h9,12H,4-8H2,1-3H3,(H,13,14). The molecule has 2 N–H and O–H groups in total. The lowest BCUT2D eigenvalue weighted by Crippen LogP contribution is -2.49. The predicted molar refractivity (Wildman–Crippen MR) is 58.1 cm³/mol. The zero-order valence-electron chi connectivity index (χ0n) is 9.52. The Labute approximate surface area is 86.6 Å². The average molecular weight is 198 g/mol. The maximum absolute atomic E-state index is 11.9. The second kappa shape index (κ2) is 4.78. The van der Waals surface area contributed by atoms with Crippen LogP contribution >= 0.6 is 0 Å². The Bertz CT molecular complexity index is 195. The smallest absolute Gasteiger partial charge is 0.227 e. The molecule has 0 bridgehead atoms. The molecule has 82 valence electrons. The van der Waals surface area contributed by atoms with Crippen LogP contribution in [-0.2, 0) is 4.79 Å². The van der Waals surface area contributed by atoms with Gasteiger partial charge >= 0.3 is 0 Å². The summed E-state index contributed by atoms with van der Waals surface area (Å²) in [5, 5.41) is 6.30. The fourth-order valence-corrected chi connectivity index (χ4v) is 1.76. The minimum absolute atomic E-state index is 0.187. The van der Waals surface area contributed by atoms with Gasteiger partial charge in [-0.25, -0.2) is 0 Å². The van der Waals surface area contributed by atoms with Crippen molar-refractivity contribution in [1.29, 1.82) is 0 Å². The number of amides is 1. The molecular formula is C11H22N2O. The van der Waals surface area contributed by atoms with E-state index in [1.165, 1.54) is 0 Å². The van der Waals surface area contributed by atoms with Gasteiger partial charge in [-0.1, -0.05) is 13.8 Å². The first-order valence-corrected chi connectivity index (χ1v) is 5.53. The summed E-state index contributed by atoms with van der Waals surface area (Å²) >= 11 is 0. The van der Waals surface area contributed by atoms with Crippen molar-refractivity contribution in [2.45, 2.75) is 33.6 Å². The van der Waals surface area contributed by atoms with Crippen LogP contribution in [0, 0.1) is 11.3 Å². The summed E-state index contributed by atoms with van der Waals surface area (Å²) in [5.41, 5.74) is -0.187. The van der Waals surface area contributed by atoms with Crippen LogP contribution in [0.4, 0.5) is 0 Å². The van der Waals surface area contributed by atoms with Gasteiger partial charge in [-0.05, 0) is 32.2 Å². The van der Waals surface area contributed by atoms with Gasteiger partial charge in [-0.15, -0.1) is 0 Å². The van der Waals surface area contributed by atoms with Crippen molar-refractivity contribution in [3.8, 4) is 0 Å². The first-order chi connectivity index (χ1) is 6.54. The topological polar surface area (TPSA) is 41.1 Å². The molecule has 0 radical (unpaired) electrons. The molecule has 1 amide bonds. The van der Waals surface area contributed by atoms with E-state index < -0.39 is 0 Å². The third-order valence-electron chi connectivity index (χ3n) is 2.82. The van der Waals surface area contributed by atoms with Crippen molar-refractivity contribution in [2.75, 3.05) is 19.6 Å². The molecule has 14 heavy (non-hydrogen) atoms. The van der Waals surface area contributed by atoms with E-state index in [0.29, 0.717) is 5.92 Å². The fourth-order valence-electron chi connectivity index (χ4n) is 1.76. The molecule has 1 atom stereocenters. The molecule has 1 aliphatic heterocycles. The first-order valence-electron chi connectivity index (χ1n) is 5.53. The molecule has 1 unspecified atom stereocenters. The number of piperidine rings is 1. The average Bonchev–Trinajstić information content (AvgIpc) is 2.15. The maximum Gasteiger partial charge on any atom is 0.227 e. The van der Waals surface area contributed by atoms with Crippen molar-refractivity contribution >= 4 is 5.91 Å². The monoisotopic (exact) mass is 198 g/mol. The summed E-state index contributed by atoms with van der Waals surface area (Å²) in [7, 11) is 0. The van der Waals surface area contributed by atoms with Crippen LogP contribution in [0.5, 0.6) is 0 Å². The fraction of sp³-hybridized carbons (Fsp3) is 0.909. The third-order valence-corrected chi connectivity index (χ3v) is 2.82. The Morgan fingerprint density at radius 3 is 2.79 bits per heavy atom. The Morgan fingerprint density at radius 2 is 2.29 bits per heavy atom. The van der Waals surface area contributed by atoms with Crippen LogP contribution in [0.15, 0.2) is 0 Å². The molecule has 0 aromatic heterocycles. The van der Waals surface area contributed by atoms with Crippen LogP contribution in [0.1, 0.15) is 33.6 Å². The maximum atomic E-state index is 11.9. The summed E-state index contributed by atoms with van der Waals surface area (Å²) in [6.07, 6.45) is 2.11. The van der Waals surface area contributed by atoms with E-state index in [-0.39, 0.29) is 11.3 Å². The van der Waals surface area contributed by atoms with Crippen molar-refractivity contribution in [2.24, 2.45) is 11.3 Å². The highest BCUT2D eigenvalue weighted by molar-refractivity contribution is 5.82. The predicted octanol–water partition coefficient (Wildman–Crippen LogP) is 1.15. The Balaban J connectivity index is 2.41. The van der Waals surface area contributed by atoms with Crippen molar-refractivity contribution in [1.82, 2.24) is 10.6 Å². The quantitative estimate of drug-likeness (QED) is 0.714. The minimum Gasteiger partial charge on any atom is -0.355 e. The number of hydrogen-bond acceptors (Lipinski definition) is 2. The molecule has 0 aromatic rings. The van der Waals surface area contributed by atoms with Crippen molar-refractivity contribution in [3.05, 3.63) is 0 Å². The van der Waals surface area contributed by atoms with Gasteiger partial charge in [-0.3, -0.25) is 4.79 Å². The summed E-state index contributed by atoms with van der Waals surface area (Å²) in [4.78, 5) is 11.9. The van der Waals surface area contributed by atoms with Crippen LogP contribution < -0.4 is 10.6 Å². The lowest BCUT2D eigenvalue weighted by atomic mass is 9.82. The second-order valence-electron chi connectivity index (χ2n) is 4.94. The number of carbonyl (C=O) groups excluding carboxylic acids is 1. The van der Waals surface area contributed by atoms with E-state index in [1.54, 1.807) is 0 Å². The summed E-state index contributed by atoms with van der Waals surface area (Å²) < 4.78 is 0. The molecular weight excluding hydrogens is 176 g/mol. The molecule has 1 aliphatic rings. The number of hydrogen-bond donors (Lipinski definition) is 2. The van der Waals surface area contributed by atoms with E-state index in [0.717, 1.165) is 32.5 Å². The first kappa shape index (κ1) is 11.5. The molecule has 1 heterocycles. The van der Waals surface area contributed by atoms with Gasteiger partial charge in [0, 0.05) is 13.1 Å². The SMILES string of the molecule is CC(C)CNC(=O)C1(C)CCCNC1. The van der Waals surface area contributed by atoms with E-state index in [9.17, 15) is 4.79 Å². The van der Waals surface area contributed by atoms with Crippen LogP contribution in [0.25, 0.3) is 0 Å². The largest absolute Gasteiger partial charge is 0.355 e. The summed E-state index contributed by atoms with van der Waals surface area (Å²) in [6, 6.07) is 0. The van der Waals surface area contributed by atoms with E-state index in [2.05, 4.69) is 31.4 Å². The number of nitrogens with one attached hydrogen (secondary N) is 2. The second-order valence-corrected chi connectivity index (χ2v) is 4.94. The third kappa shape index (κ3) is 2.98. The lowest BCUT2D eigenvalue weighted by Gasteiger charge is -2.32. The van der Waals surface area contributed by atoms with Crippen LogP contribution in [0.2, 0.25) is 0 Å². The van der Waals surface area contributed by atoms with Gasteiger partial charge in [0.25, 0.3) is 0 Å². The van der Waals surface area contributed by atoms with Gasteiger partial charge in [0.2, 0.25) is 5.91 Å². The van der Waals surface area contributed by atoms with Gasteiger partial charge in [0.15, 0.2) is 0 Å². The Hall–Kier alpha value is -0.570. The molecule has 0 aliphatic carbocycles. The van der Waals surface area contributed by atoms with E-state index in [1.807, 2.05) is 0 Å². The van der Waals surface area contributed by atoms with Gasteiger partial charge < -0.3 is 10.6 Å². The summed E-state index contributed by atoms with van der Waals surface area (Å²) in [5.74, 6) is 0.734. The minimum atomic E-state index is -0.187. The summed E-state index contributed by atoms with van der Waals surface area (Å²) in [6.45, 7) is 8.93. The lowest BCUT2D eigenvalue weighted by molar-refractivity contribution is -0.131.